The van der Waals surface area contributed by atoms with Gasteiger partial charge in [0.2, 0.25) is 5.88 Å². The smallest absolute Gasteiger partial charge is 0.335 e. The molecule has 234 valence electrons. The number of carboxylic acid groups (broad SMARTS) is 1. The number of nitrogens with zero attached hydrogens (tertiary/aromatic N) is 4. The second-order valence-electron chi connectivity index (χ2n) is 10.6. The number of aromatic carboxylic acids is 1. The average Bonchev–Trinajstić information content (AvgIpc) is 3.29. The van der Waals surface area contributed by atoms with Crippen LogP contribution in [-0.4, -0.2) is 45.2 Å². The first-order chi connectivity index (χ1) is 22.2. The van der Waals surface area contributed by atoms with E-state index in [0.29, 0.717) is 13.0 Å². The third-order valence-electron chi connectivity index (χ3n) is 7.75. The Hall–Kier alpha value is -5.61. The predicted octanol–water partition coefficient (Wildman–Crippen LogP) is 5.28. The first-order valence-corrected chi connectivity index (χ1v) is 14.1. The SMILES string of the molecule is COc1cc(C(=O)O)cc2c1c(=O)n(Cc1cc(F)c(-c3cccc(OCc4ccc(C#N)cc4F)n3)cc1F)n2C[C@@H]1CCO1. The highest BCUT2D eigenvalue weighted by molar-refractivity contribution is 5.96. The van der Waals surface area contributed by atoms with Crippen LogP contribution in [-0.2, 0) is 24.4 Å². The van der Waals surface area contributed by atoms with Crippen molar-refractivity contribution in [1.29, 1.82) is 5.26 Å². The molecule has 13 heteroatoms. The van der Waals surface area contributed by atoms with Crippen LogP contribution < -0.4 is 15.0 Å². The maximum Gasteiger partial charge on any atom is 0.335 e. The van der Waals surface area contributed by atoms with Crippen molar-refractivity contribution in [3.05, 3.63) is 111 Å². The number of benzene rings is 3. The molecule has 1 fully saturated rings. The summed E-state index contributed by atoms with van der Waals surface area (Å²) in [6, 6.07) is 14.8. The predicted molar refractivity (Wildman–Crippen MR) is 158 cm³/mol. The number of carboxylic acids is 1. The molecule has 3 aromatic carbocycles. The molecule has 2 aromatic heterocycles. The van der Waals surface area contributed by atoms with E-state index in [2.05, 4.69) is 4.98 Å². The van der Waals surface area contributed by atoms with E-state index in [9.17, 15) is 19.1 Å². The zero-order valence-corrected chi connectivity index (χ0v) is 24.3. The van der Waals surface area contributed by atoms with Crippen molar-refractivity contribution in [3.8, 4) is 29.0 Å². The summed E-state index contributed by atoms with van der Waals surface area (Å²) in [5.41, 5.74) is -0.321. The fourth-order valence-corrected chi connectivity index (χ4v) is 5.25. The maximum absolute atomic E-state index is 15.6. The Morgan fingerprint density at radius 3 is 2.52 bits per heavy atom. The number of rotatable bonds is 10. The normalized spacial score (nSPS) is 14.1. The molecule has 0 radical (unpaired) electrons. The lowest BCUT2D eigenvalue weighted by molar-refractivity contribution is -0.0618. The number of fused-ring (bicyclic) bond motifs is 1. The largest absolute Gasteiger partial charge is 0.496 e. The molecule has 6 rings (SSSR count). The summed E-state index contributed by atoms with van der Waals surface area (Å²) in [6.45, 7) is 0.126. The molecular formula is C33H25F3N4O6. The number of nitriles is 1. The van der Waals surface area contributed by atoms with Gasteiger partial charge in [-0.1, -0.05) is 12.1 Å². The van der Waals surface area contributed by atoms with Crippen LogP contribution in [0.5, 0.6) is 11.6 Å². The van der Waals surface area contributed by atoms with Gasteiger partial charge in [-0.15, -0.1) is 0 Å². The highest BCUT2D eigenvalue weighted by atomic mass is 19.1. The molecule has 46 heavy (non-hydrogen) atoms. The number of hydrogen-bond acceptors (Lipinski definition) is 7. The second kappa shape index (κ2) is 12.4. The van der Waals surface area contributed by atoms with E-state index < -0.39 is 29.0 Å². The Morgan fingerprint density at radius 1 is 1.07 bits per heavy atom. The molecule has 1 saturated heterocycles. The zero-order valence-electron chi connectivity index (χ0n) is 24.3. The van der Waals surface area contributed by atoms with Crippen molar-refractivity contribution in [3.63, 3.8) is 0 Å². The van der Waals surface area contributed by atoms with E-state index in [0.717, 1.165) is 18.2 Å². The first kappa shape index (κ1) is 30.4. The Labute approximate surface area is 259 Å². The fourth-order valence-electron chi connectivity index (χ4n) is 5.25. The quantitative estimate of drug-likeness (QED) is 0.221. The van der Waals surface area contributed by atoms with Crippen molar-refractivity contribution in [2.45, 2.75) is 32.2 Å². The van der Waals surface area contributed by atoms with Gasteiger partial charge in [-0.3, -0.25) is 9.48 Å². The van der Waals surface area contributed by atoms with Crippen molar-refractivity contribution in [2.24, 2.45) is 0 Å². The number of aromatic nitrogens is 3. The van der Waals surface area contributed by atoms with Gasteiger partial charge in [-0.05, 0) is 48.9 Å². The van der Waals surface area contributed by atoms with Crippen molar-refractivity contribution < 1.29 is 37.3 Å². The van der Waals surface area contributed by atoms with Crippen LogP contribution in [0.15, 0.2) is 65.5 Å². The molecule has 1 atom stereocenters. The molecule has 1 aliphatic rings. The summed E-state index contributed by atoms with van der Waals surface area (Å²) in [5.74, 6) is -3.40. The maximum atomic E-state index is 15.6. The van der Waals surface area contributed by atoms with Crippen molar-refractivity contribution in [1.82, 2.24) is 14.3 Å². The summed E-state index contributed by atoms with van der Waals surface area (Å²) in [7, 11) is 1.31. The average molecular weight is 631 g/mol. The van der Waals surface area contributed by atoms with Crippen LogP contribution in [0.4, 0.5) is 13.2 Å². The van der Waals surface area contributed by atoms with Crippen LogP contribution in [0.25, 0.3) is 22.2 Å². The van der Waals surface area contributed by atoms with Gasteiger partial charge in [-0.2, -0.15) is 5.26 Å². The van der Waals surface area contributed by atoms with Gasteiger partial charge in [0.25, 0.3) is 5.56 Å². The van der Waals surface area contributed by atoms with Gasteiger partial charge >= 0.3 is 5.97 Å². The molecule has 0 unspecified atom stereocenters. The second-order valence-corrected chi connectivity index (χ2v) is 10.6. The van der Waals surface area contributed by atoms with Crippen molar-refractivity contribution >= 4 is 16.9 Å². The Balaban J connectivity index is 1.32. The summed E-state index contributed by atoms with van der Waals surface area (Å²) in [4.78, 5) is 29.7. The molecular weight excluding hydrogens is 605 g/mol. The summed E-state index contributed by atoms with van der Waals surface area (Å²) in [6.07, 6.45) is 0.457. The Kier molecular flexibility index (Phi) is 8.21. The minimum absolute atomic E-state index is 0.0362. The molecule has 0 aliphatic carbocycles. The van der Waals surface area contributed by atoms with E-state index in [1.54, 1.807) is 0 Å². The number of ether oxygens (including phenoxy) is 3. The van der Waals surface area contributed by atoms with Gasteiger partial charge in [0.1, 0.15) is 35.2 Å². The molecule has 1 N–H and O–H groups in total. The lowest BCUT2D eigenvalue weighted by Crippen LogP contribution is -2.35. The van der Waals surface area contributed by atoms with Crippen LogP contribution in [0.2, 0.25) is 0 Å². The third kappa shape index (κ3) is 5.78. The molecule has 5 aromatic rings. The van der Waals surface area contributed by atoms with E-state index in [1.807, 2.05) is 6.07 Å². The fraction of sp³-hybridized carbons (Fsp3) is 0.212. The molecule has 10 nitrogen and oxygen atoms in total. The van der Waals surface area contributed by atoms with Gasteiger partial charge < -0.3 is 19.3 Å². The molecule has 0 spiro atoms. The molecule has 1 aliphatic heterocycles. The van der Waals surface area contributed by atoms with E-state index in [-0.39, 0.29) is 81.8 Å². The summed E-state index contributed by atoms with van der Waals surface area (Å²) >= 11 is 0. The highest BCUT2D eigenvalue weighted by Crippen LogP contribution is 2.30. The van der Waals surface area contributed by atoms with E-state index in [1.165, 1.54) is 58.9 Å². The molecule has 0 amide bonds. The van der Waals surface area contributed by atoms with E-state index in [4.69, 9.17) is 19.5 Å². The van der Waals surface area contributed by atoms with Crippen LogP contribution in [0, 0.1) is 28.8 Å². The molecule has 3 heterocycles. The number of methoxy groups -OCH3 is 1. The lowest BCUT2D eigenvalue weighted by atomic mass is 10.1. The zero-order chi connectivity index (χ0) is 32.5. The Morgan fingerprint density at radius 2 is 1.85 bits per heavy atom. The number of carbonyl (C=O) groups is 1. The standard InChI is InChI=1S/C33H25F3N4O6/c1-44-29-12-20(33(42)43)11-28-31(29)32(41)40(39(28)16-22-7-8-45-22)15-21-10-26(36)23(13-25(21)35)27-3-2-4-30(38-27)46-17-19-6-5-18(14-37)9-24(19)34/h2-6,9-13,22H,7-8,15-17H2,1H3,(H,42,43)/t22-/m0/s1. The summed E-state index contributed by atoms with van der Waals surface area (Å²) < 4.78 is 64.6. The van der Waals surface area contributed by atoms with Crippen LogP contribution in [0.1, 0.15) is 33.5 Å². The topological polar surface area (TPSA) is 129 Å². The monoisotopic (exact) mass is 630 g/mol. The number of halogens is 3. The minimum Gasteiger partial charge on any atom is -0.496 e. The molecule has 0 bridgehead atoms. The van der Waals surface area contributed by atoms with Gasteiger partial charge in [0.15, 0.2) is 0 Å². The summed E-state index contributed by atoms with van der Waals surface area (Å²) in [5, 5.41) is 18.6. The van der Waals surface area contributed by atoms with Crippen LogP contribution >= 0.6 is 0 Å². The number of pyridine rings is 1. The Bertz CT molecular complexity index is 2100. The van der Waals surface area contributed by atoms with Gasteiger partial charge in [-0.25, -0.2) is 27.6 Å². The lowest BCUT2D eigenvalue weighted by Gasteiger charge is -2.28. The van der Waals surface area contributed by atoms with Crippen LogP contribution in [0.3, 0.4) is 0 Å². The molecule has 0 saturated carbocycles. The van der Waals surface area contributed by atoms with Crippen molar-refractivity contribution in [2.75, 3.05) is 13.7 Å². The van der Waals surface area contributed by atoms with E-state index >= 15 is 8.78 Å². The van der Waals surface area contributed by atoms with Gasteiger partial charge in [0.05, 0.1) is 54.7 Å². The van der Waals surface area contributed by atoms with Gasteiger partial charge in [0, 0.05) is 29.4 Å². The number of hydrogen-bond donors (Lipinski definition) is 1. The first-order valence-electron chi connectivity index (χ1n) is 14.1. The third-order valence-corrected chi connectivity index (χ3v) is 7.75. The highest BCUT2D eigenvalue weighted by Gasteiger charge is 2.26. The minimum atomic E-state index is -1.22.